The van der Waals surface area contributed by atoms with Crippen LogP contribution in [0.2, 0.25) is 0 Å². The first kappa shape index (κ1) is 8.21. The maximum absolute atomic E-state index is 8.63. The van der Waals surface area contributed by atoms with E-state index in [9.17, 15) is 0 Å². The maximum Gasteiger partial charge on any atom is 0.187 e. The van der Waals surface area contributed by atoms with Crippen molar-refractivity contribution < 1.29 is 4.84 Å². The average Bonchev–Trinajstić information content (AvgIpc) is 2.15. The molecular weight excluding hydrogens is 154 g/mol. The molecule has 0 bridgehead atoms. The van der Waals surface area contributed by atoms with Crippen molar-refractivity contribution in [1.82, 2.24) is 4.98 Å². The Kier molecular flexibility index (Phi) is 2.79. The Hall–Kier alpha value is -1.89. The lowest BCUT2D eigenvalue weighted by molar-refractivity contribution is 0.214. The van der Waals surface area contributed by atoms with Crippen LogP contribution in [-0.4, -0.2) is 17.8 Å². The molecule has 0 N–H and O–H groups in total. The fourth-order valence-corrected chi connectivity index (χ4v) is 0.739. The molecule has 0 aliphatic heterocycles. The lowest BCUT2D eigenvalue weighted by Gasteiger charge is -1.94. The Bertz CT molecular complexity index is 313. The second kappa shape index (κ2) is 4.09. The first-order chi connectivity index (χ1) is 5.88. The summed E-state index contributed by atoms with van der Waals surface area (Å²) in [4.78, 5) is 8.31. The summed E-state index contributed by atoms with van der Waals surface area (Å²) >= 11 is 0. The van der Waals surface area contributed by atoms with Crippen molar-refractivity contribution in [2.24, 2.45) is 5.16 Å². The summed E-state index contributed by atoms with van der Waals surface area (Å²) in [6.07, 6.45) is 3.19. The van der Waals surface area contributed by atoms with Crippen LogP contribution < -0.4 is 0 Å². The molecule has 1 rings (SSSR count). The predicted molar refractivity (Wildman–Crippen MR) is 43.4 cm³/mol. The van der Waals surface area contributed by atoms with E-state index in [1.54, 1.807) is 24.5 Å². The Morgan fingerprint density at radius 3 is 2.75 bits per heavy atom. The van der Waals surface area contributed by atoms with E-state index in [1.165, 1.54) is 7.11 Å². The van der Waals surface area contributed by atoms with Gasteiger partial charge in [-0.3, -0.25) is 4.98 Å². The van der Waals surface area contributed by atoms with E-state index in [4.69, 9.17) is 5.26 Å². The molecule has 0 radical (unpaired) electrons. The summed E-state index contributed by atoms with van der Waals surface area (Å²) in [6.45, 7) is 0. The van der Waals surface area contributed by atoms with E-state index in [0.717, 1.165) is 0 Å². The van der Waals surface area contributed by atoms with E-state index in [1.807, 2.05) is 6.07 Å². The van der Waals surface area contributed by atoms with Crippen LogP contribution in [0, 0.1) is 11.3 Å². The van der Waals surface area contributed by atoms with Gasteiger partial charge in [0.15, 0.2) is 5.71 Å². The largest absolute Gasteiger partial charge is 0.398 e. The highest BCUT2D eigenvalue weighted by molar-refractivity contribution is 6.11. The standard InChI is InChI=1S/C8H7N3O/c1-12-11-8(6-9)7-2-4-10-5-3-7/h2-5H,1H3. The van der Waals surface area contributed by atoms with Crippen molar-refractivity contribution in [2.75, 3.05) is 7.11 Å². The summed E-state index contributed by atoms with van der Waals surface area (Å²) in [6, 6.07) is 5.31. The molecule has 0 amide bonds. The van der Waals surface area contributed by atoms with E-state index < -0.39 is 0 Å². The van der Waals surface area contributed by atoms with Gasteiger partial charge in [0.05, 0.1) is 0 Å². The fraction of sp³-hybridized carbons (Fsp3) is 0.125. The van der Waals surface area contributed by atoms with Gasteiger partial charge >= 0.3 is 0 Å². The van der Waals surface area contributed by atoms with Crippen molar-refractivity contribution in [3.63, 3.8) is 0 Å². The van der Waals surface area contributed by atoms with Crippen LogP contribution in [0.3, 0.4) is 0 Å². The SMILES string of the molecule is CON=C(C#N)c1ccncc1. The first-order valence-corrected chi connectivity index (χ1v) is 3.30. The lowest BCUT2D eigenvalue weighted by Crippen LogP contribution is -1.97. The predicted octanol–water partition coefficient (Wildman–Crippen LogP) is 0.956. The van der Waals surface area contributed by atoms with Gasteiger partial charge in [0.25, 0.3) is 0 Å². The van der Waals surface area contributed by atoms with Crippen LogP contribution in [0.25, 0.3) is 0 Å². The second-order valence-electron chi connectivity index (χ2n) is 1.97. The number of rotatable bonds is 2. The minimum absolute atomic E-state index is 0.250. The quantitative estimate of drug-likeness (QED) is 0.479. The molecule has 0 aliphatic carbocycles. The Labute approximate surface area is 70.1 Å². The van der Waals surface area contributed by atoms with E-state index >= 15 is 0 Å². The molecule has 0 saturated heterocycles. The maximum atomic E-state index is 8.63. The van der Waals surface area contributed by atoms with Crippen molar-refractivity contribution in [2.45, 2.75) is 0 Å². The van der Waals surface area contributed by atoms with Crippen LogP contribution in [0.1, 0.15) is 5.56 Å². The molecule has 12 heavy (non-hydrogen) atoms. The third-order valence-corrected chi connectivity index (χ3v) is 1.24. The highest BCUT2D eigenvalue weighted by Gasteiger charge is 2.00. The van der Waals surface area contributed by atoms with Crippen molar-refractivity contribution in [3.8, 4) is 6.07 Å². The lowest BCUT2D eigenvalue weighted by atomic mass is 10.2. The number of pyridine rings is 1. The Morgan fingerprint density at radius 2 is 2.25 bits per heavy atom. The van der Waals surface area contributed by atoms with Gasteiger partial charge in [0.1, 0.15) is 13.2 Å². The molecule has 1 aromatic rings. The number of hydrogen-bond donors (Lipinski definition) is 0. The van der Waals surface area contributed by atoms with Gasteiger partial charge < -0.3 is 4.84 Å². The minimum atomic E-state index is 0.250. The molecule has 1 heterocycles. The summed E-state index contributed by atoms with van der Waals surface area (Å²) in [7, 11) is 1.40. The third-order valence-electron chi connectivity index (χ3n) is 1.24. The summed E-state index contributed by atoms with van der Waals surface area (Å²) in [5, 5.41) is 12.2. The minimum Gasteiger partial charge on any atom is -0.398 e. The normalized spacial score (nSPS) is 10.5. The highest BCUT2D eigenvalue weighted by atomic mass is 16.6. The second-order valence-corrected chi connectivity index (χ2v) is 1.97. The van der Waals surface area contributed by atoms with E-state index in [0.29, 0.717) is 5.56 Å². The molecular formula is C8H7N3O. The monoisotopic (exact) mass is 161 g/mol. The van der Waals surface area contributed by atoms with Crippen LogP contribution in [0.5, 0.6) is 0 Å². The zero-order valence-corrected chi connectivity index (χ0v) is 6.56. The smallest absolute Gasteiger partial charge is 0.187 e. The highest BCUT2D eigenvalue weighted by Crippen LogP contribution is 1.98. The molecule has 0 atom stereocenters. The number of nitrogens with zero attached hydrogens (tertiary/aromatic N) is 3. The van der Waals surface area contributed by atoms with Gasteiger partial charge in [0, 0.05) is 18.0 Å². The molecule has 1 aromatic heterocycles. The molecule has 0 aromatic carbocycles. The van der Waals surface area contributed by atoms with Gasteiger partial charge in [-0.15, -0.1) is 0 Å². The van der Waals surface area contributed by atoms with Crippen molar-refractivity contribution in [3.05, 3.63) is 30.1 Å². The number of aromatic nitrogens is 1. The van der Waals surface area contributed by atoms with Crippen LogP contribution in [-0.2, 0) is 4.84 Å². The van der Waals surface area contributed by atoms with Gasteiger partial charge in [0.2, 0.25) is 0 Å². The molecule has 4 heteroatoms. The molecule has 4 nitrogen and oxygen atoms in total. The summed E-state index contributed by atoms with van der Waals surface area (Å²) in [5.41, 5.74) is 0.953. The summed E-state index contributed by atoms with van der Waals surface area (Å²) in [5.74, 6) is 0. The molecule has 0 fully saturated rings. The Balaban J connectivity index is 2.98. The molecule has 0 unspecified atom stereocenters. The topological polar surface area (TPSA) is 58.3 Å². The Morgan fingerprint density at radius 1 is 1.58 bits per heavy atom. The van der Waals surface area contributed by atoms with Gasteiger partial charge in [-0.25, -0.2) is 0 Å². The summed E-state index contributed by atoms with van der Waals surface area (Å²) < 4.78 is 0. The zero-order chi connectivity index (χ0) is 8.81. The molecule has 60 valence electrons. The van der Waals surface area contributed by atoms with Gasteiger partial charge in [-0.05, 0) is 12.1 Å². The number of nitriles is 1. The fourth-order valence-electron chi connectivity index (χ4n) is 0.739. The number of hydrogen-bond acceptors (Lipinski definition) is 4. The molecule has 0 spiro atoms. The van der Waals surface area contributed by atoms with Gasteiger partial charge in [-0.1, -0.05) is 5.16 Å². The number of oxime groups is 1. The average molecular weight is 161 g/mol. The van der Waals surface area contributed by atoms with Crippen molar-refractivity contribution >= 4 is 5.71 Å². The van der Waals surface area contributed by atoms with E-state index in [-0.39, 0.29) is 5.71 Å². The third kappa shape index (κ3) is 1.80. The first-order valence-electron chi connectivity index (χ1n) is 3.30. The van der Waals surface area contributed by atoms with Crippen molar-refractivity contribution in [1.29, 1.82) is 5.26 Å². The van der Waals surface area contributed by atoms with E-state index in [2.05, 4.69) is 15.0 Å². The zero-order valence-electron chi connectivity index (χ0n) is 6.56. The van der Waals surface area contributed by atoms with Crippen LogP contribution in [0.4, 0.5) is 0 Å². The van der Waals surface area contributed by atoms with Crippen LogP contribution >= 0.6 is 0 Å². The molecule has 0 aliphatic rings. The van der Waals surface area contributed by atoms with Gasteiger partial charge in [-0.2, -0.15) is 5.26 Å². The molecule has 0 saturated carbocycles. The van der Waals surface area contributed by atoms with Crippen LogP contribution in [0.15, 0.2) is 29.7 Å².